The van der Waals surface area contributed by atoms with E-state index in [-0.39, 0.29) is 17.4 Å². The Morgan fingerprint density at radius 3 is 2.41 bits per heavy atom. The second-order valence-electron chi connectivity index (χ2n) is 7.55. The fourth-order valence-corrected chi connectivity index (χ4v) is 4.85. The van der Waals surface area contributed by atoms with Gasteiger partial charge in [-0.15, -0.1) is 0 Å². The van der Waals surface area contributed by atoms with Crippen molar-refractivity contribution in [2.75, 3.05) is 25.0 Å². The summed E-state index contributed by atoms with van der Waals surface area (Å²) in [6.07, 6.45) is 2.82. The van der Waals surface area contributed by atoms with Gasteiger partial charge in [0.15, 0.2) is 6.61 Å². The van der Waals surface area contributed by atoms with Crippen molar-refractivity contribution in [2.24, 2.45) is 0 Å². The summed E-state index contributed by atoms with van der Waals surface area (Å²) in [6, 6.07) is 14.0. The number of anilines is 1. The lowest BCUT2D eigenvalue weighted by atomic mass is 10.0. The number of hydrogen-bond donors (Lipinski definition) is 1. The van der Waals surface area contributed by atoms with E-state index in [1.807, 2.05) is 24.3 Å². The zero-order valence-electron chi connectivity index (χ0n) is 16.9. The Morgan fingerprint density at radius 1 is 1.07 bits per heavy atom. The predicted molar refractivity (Wildman–Crippen MR) is 114 cm³/mol. The monoisotopic (exact) mass is 416 g/mol. The van der Waals surface area contributed by atoms with E-state index in [1.54, 1.807) is 18.2 Å². The molecule has 29 heavy (non-hydrogen) atoms. The summed E-state index contributed by atoms with van der Waals surface area (Å²) in [5.74, 6) is 0.706. The first kappa shape index (κ1) is 21.3. The molecule has 3 rings (SSSR count). The molecule has 0 bridgehead atoms. The van der Waals surface area contributed by atoms with Crippen LogP contribution in [0.2, 0.25) is 0 Å². The maximum Gasteiger partial charge on any atom is 0.262 e. The van der Waals surface area contributed by atoms with Gasteiger partial charge in [-0.25, -0.2) is 8.42 Å². The average molecular weight is 417 g/mol. The predicted octanol–water partition coefficient (Wildman–Crippen LogP) is 4.00. The van der Waals surface area contributed by atoms with E-state index in [0.717, 1.165) is 19.3 Å². The van der Waals surface area contributed by atoms with Crippen molar-refractivity contribution in [2.45, 2.75) is 43.9 Å². The first-order chi connectivity index (χ1) is 13.9. The molecule has 0 aromatic heterocycles. The van der Waals surface area contributed by atoms with Gasteiger partial charge < -0.3 is 10.1 Å². The van der Waals surface area contributed by atoms with Crippen LogP contribution in [0.15, 0.2) is 53.4 Å². The zero-order chi connectivity index (χ0) is 20.9. The molecule has 0 unspecified atom stereocenters. The van der Waals surface area contributed by atoms with Gasteiger partial charge in [-0.3, -0.25) is 4.79 Å². The molecule has 156 valence electrons. The summed E-state index contributed by atoms with van der Waals surface area (Å²) >= 11 is 0. The Morgan fingerprint density at radius 2 is 1.76 bits per heavy atom. The number of nitrogens with one attached hydrogen (secondary N) is 1. The van der Waals surface area contributed by atoms with Gasteiger partial charge >= 0.3 is 0 Å². The van der Waals surface area contributed by atoms with Crippen molar-refractivity contribution < 1.29 is 17.9 Å². The van der Waals surface area contributed by atoms with E-state index in [0.29, 0.717) is 30.4 Å². The van der Waals surface area contributed by atoms with Gasteiger partial charge in [0.05, 0.1) is 4.90 Å². The molecule has 1 aliphatic rings. The van der Waals surface area contributed by atoms with E-state index < -0.39 is 10.0 Å². The lowest BCUT2D eigenvalue weighted by molar-refractivity contribution is -0.118. The summed E-state index contributed by atoms with van der Waals surface area (Å²) in [6.45, 7) is 5.17. The SMILES string of the molecule is CC(C)c1ccc(OCC(=O)Nc2cccc(S(=O)(=O)N3CCCCC3)c2)cc1. The number of rotatable bonds is 7. The molecule has 6 nitrogen and oxygen atoms in total. The van der Waals surface area contributed by atoms with E-state index in [9.17, 15) is 13.2 Å². The number of amides is 1. The van der Waals surface area contributed by atoms with Crippen LogP contribution < -0.4 is 10.1 Å². The smallest absolute Gasteiger partial charge is 0.262 e. The molecule has 2 aromatic carbocycles. The van der Waals surface area contributed by atoms with Crippen LogP contribution in [0, 0.1) is 0 Å². The normalized spacial score (nSPS) is 15.3. The Kier molecular flexibility index (Phi) is 6.92. The number of nitrogens with zero attached hydrogens (tertiary/aromatic N) is 1. The van der Waals surface area contributed by atoms with Gasteiger partial charge in [0, 0.05) is 18.8 Å². The molecule has 0 saturated carbocycles. The van der Waals surface area contributed by atoms with Crippen LogP contribution in [0.1, 0.15) is 44.6 Å². The third kappa shape index (κ3) is 5.58. The minimum atomic E-state index is -3.54. The Labute approximate surface area is 172 Å². The second-order valence-corrected chi connectivity index (χ2v) is 9.49. The molecule has 1 heterocycles. The third-order valence-electron chi connectivity index (χ3n) is 4.99. The van der Waals surface area contributed by atoms with E-state index >= 15 is 0 Å². The van der Waals surface area contributed by atoms with Crippen molar-refractivity contribution in [3.63, 3.8) is 0 Å². The molecule has 7 heteroatoms. The van der Waals surface area contributed by atoms with Crippen LogP contribution in [-0.4, -0.2) is 38.3 Å². The lowest BCUT2D eigenvalue weighted by Gasteiger charge is -2.26. The molecule has 0 atom stereocenters. The van der Waals surface area contributed by atoms with E-state index in [4.69, 9.17) is 4.74 Å². The number of sulfonamides is 1. The highest BCUT2D eigenvalue weighted by Crippen LogP contribution is 2.23. The van der Waals surface area contributed by atoms with Crippen LogP contribution >= 0.6 is 0 Å². The van der Waals surface area contributed by atoms with Crippen molar-refractivity contribution in [3.05, 3.63) is 54.1 Å². The number of benzene rings is 2. The number of carbonyl (C=O) groups is 1. The van der Waals surface area contributed by atoms with Crippen molar-refractivity contribution in [1.82, 2.24) is 4.31 Å². The van der Waals surface area contributed by atoms with Gasteiger partial charge in [-0.05, 0) is 54.7 Å². The van der Waals surface area contributed by atoms with E-state index in [1.165, 1.54) is 15.9 Å². The highest BCUT2D eigenvalue weighted by molar-refractivity contribution is 7.89. The molecule has 1 fully saturated rings. The summed E-state index contributed by atoms with van der Waals surface area (Å²) in [4.78, 5) is 12.4. The first-order valence-corrected chi connectivity index (χ1v) is 11.4. The highest BCUT2D eigenvalue weighted by Gasteiger charge is 2.26. The fraction of sp³-hybridized carbons (Fsp3) is 0.409. The Bertz CT molecular complexity index is 934. The Hall–Kier alpha value is -2.38. The lowest BCUT2D eigenvalue weighted by Crippen LogP contribution is -2.35. The van der Waals surface area contributed by atoms with Gasteiger partial charge in [0.2, 0.25) is 10.0 Å². The van der Waals surface area contributed by atoms with Crippen molar-refractivity contribution in [1.29, 1.82) is 0 Å². The largest absolute Gasteiger partial charge is 0.484 e. The molecule has 0 aliphatic carbocycles. The minimum Gasteiger partial charge on any atom is -0.484 e. The topological polar surface area (TPSA) is 75.7 Å². The summed E-state index contributed by atoms with van der Waals surface area (Å²) < 4.78 is 32.6. The molecular formula is C22H28N2O4S. The number of piperidine rings is 1. The molecule has 2 aromatic rings. The standard InChI is InChI=1S/C22H28N2O4S/c1-17(2)18-9-11-20(12-10-18)28-16-22(25)23-19-7-6-8-21(15-19)29(26,27)24-13-4-3-5-14-24/h6-12,15,17H,3-5,13-14,16H2,1-2H3,(H,23,25). The van der Waals surface area contributed by atoms with Crippen LogP contribution in [0.3, 0.4) is 0 Å². The summed E-state index contributed by atoms with van der Waals surface area (Å²) in [5, 5.41) is 2.71. The molecule has 1 saturated heterocycles. The number of ether oxygens (including phenoxy) is 1. The molecule has 1 aliphatic heterocycles. The van der Waals surface area contributed by atoms with Crippen LogP contribution in [0.4, 0.5) is 5.69 Å². The van der Waals surface area contributed by atoms with Gasteiger partial charge in [0.25, 0.3) is 5.91 Å². The van der Waals surface area contributed by atoms with Gasteiger partial charge in [0.1, 0.15) is 5.75 Å². The minimum absolute atomic E-state index is 0.149. The van der Waals surface area contributed by atoms with E-state index in [2.05, 4.69) is 19.2 Å². The fourth-order valence-electron chi connectivity index (χ4n) is 3.28. The van der Waals surface area contributed by atoms with Crippen LogP contribution in [0.25, 0.3) is 0 Å². The molecular weight excluding hydrogens is 388 g/mol. The molecule has 0 radical (unpaired) electrons. The first-order valence-electron chi connectivity index (χ1n) is 9.99. The molecule has 1 amide bonds. The van der Waals surface area contributed by atoms with Crippen LogP contribution in [-0.2, 0) is 14.8 Å². The van der Waals surface area contributed by atoms with Gasteiger partial charge in [-0.2, -0.15) is 4.31 Å². The second kappa shape index (κ2) is 9.41. The van der Waals surface area contributed by atoms with Crippen molar-refractivity contribution >= 4 is 21.6 Å². The number of carbonyl (C=O) groups excluding carboxylic acids is 1. The quantitative estimate of drug-likeness (QED) is 0.740. The maximum absolute atomic E-state index is 12.8. The molecule has 0 spiro atoms. The maximum atomic E-state index is 12.8. The third-order valence-corrected chi connectivity index (χ3v) is 6.88. The zero-order valence-corrected chi connectivity index (χ0v) is 17.7. The average Bonchev–Trinajstić information content (AvgIpc) is 2.73. The van der Waals surface area contributed by atoms with Crippen LogP contribution in [0.5, 0.6) is 5.75 Å². The summed E-state index contributed by atoms with van der Waals surface area (Å²) in [7, 11) is -3.54. The highest BCUT2D eigenvalue weighted by atomic mass is 32.2. The molecule has 1 N–H and O–H groups in total. The summed E-state index contributed by atoms with van der Waals surface area (Å²) in [5.41, 5.74) is 1.64. The number of hydrogen-bond acceptors (Lipinski definition) is 4. The van der Waals surface area contributed by atoms with Gasteiger partial charge in [-0.1, -0.05) is 38.5 Å². The Balaban J connectivity index is 1.60. The van der Waals surface area contributed by atoms with Crippen molar-refractivity contribution in [3.8, 4) is 5.75 Å².